The molecule has 5 heteroatoms. The van der Waals surface area contributed by atoms with Crippen LogP contribution < -0.4 is 5.32 Å². The summed E-state index contributed by atoms with van der Waals surface area (Å²) >= 11 is 0. The van der Waals surface area contributed by atoms with Crippen molar-refractivity contribution in [2.75, 3.05) is 25.5 Å². The number of amides is 1. The average Bonchev–Trinajstić information content (AvgIpc) is 2.41. The van der Waals surface area contributed by atoms with Gasteiger partial charge in [0.1, 0.15) is 5.54 Å². The third-order valence-corrected chi connectivity index (χ3v) is 3.45. The first kappa shape index (κ1) is 17.2. The molecule has 0 aliphatic rings. The van der Waals surface area contributed by atoms with Crippen molar-refractivity contribution in [2.24, 2.45) is 0 Å². The van der Waals surface area contributed by atoms with Crippen molar-refractivity contribution in [3.05, 3.63) is 29.8 Å². The van der Waals surface area contributed by atoms with E-state index in [2.05, 4.69) is 5.32 Å². The molecule has 0 heterocycles. The summed E-state index contributed by atoms with van der Waals surface area (Å²) in [5.41, 5.74) is 1.03. The van der Waals surface area contributed by atoms with Crippen LogP contribution in [0.25, 0.3) is 0 Å². The van der Waals surface area contributed by atoms with E-state index in [-0.39, 0.29) is 18.4 Å². The molecule has 0 saturated carbocycles. The van der Waals surface area contributed by atoms with Crippen molar-refractivity contribution in [3.63, 3.8) is 0 Å². The van der Waals surface area contributed by atoms with Crippen LogP contribution in [0.5, 0.6) is 0 Å². The number of esters is 1. The summed E-state index contributed by atoms with van der Waals surface area (Å²) in [5.74, 6) is -0.505. The molecule has 0 aliphatic carbocycles. The van der Waals surface area contributed by atoms with Gasteiger partial charge in [-0.15, -0.1) is 0 Å². The normalized spacial score (nSPS) is 11.3. The lowest BCUT2D eigenvalue weighted by molar-refractivity contribution is -0.155. The van der Waals surface area contributed by atoms with E-state index < -0.39 is 5.54 Å². The fourth-order valence-electron chi connectivity index (χ4n) is 1.71. The van der Waals surface area contributed by atoms with Crippen molar-refractivity contribution in [1.82, 2.24) is 4.90 Å². The Bertz CT molecular complexity index is 495. The molecule has 5 nitrogen and oxygen atoms in total. The highest BCUT2D eigenvalue weighted by molar-refractivity contribution is 5.92. The standard InChI is InChI=1S/C16H24N2O3/c1-6-21-15(20)16(3,4)18(5)11-14(19)17-13-9-7-12(2)8-10-13/h7-10H,6,11H2,1-5H3,(H,17,19). The maximum atomic E-state index is 12.0. The smallest absolute Gasteiger partial charge is 0.325 e. The number of hydrogen-bond acceptors (Lipinski definition) is 4. The molecular formula is C16H24N2O3. The van der Waals surface area contributed by atoms with E-state index in [1.807, 2.05) is 31.2 Å². The third-order valence-electron chi connectivity index (χ3n) is 3.45. The summed E-state index contributed by atoms with van der Waals surface area (Å²) in [7, 11) is 1.73. The predicted molar refractivity (Wildman–Crippen MR) is 83.2 cm³/mol. The minimum Gasteiger partial charge on any atom is -0.465 e. The largest absolute Gasteiger partial charge is 0.465 e. The van der Waals surface area contributed by atoms with Crippen molar-refractivity contribution < 1.29 is 14.3 Å². The quantitative estimate of drug-likeness (QED) is 0.817. The van der Waals surface area contributed by atoms with E-state index >= 15 is 0 Å². The summed E-state index contributed by atoms with van der Waals surface area (Å²) in [6.45, 7) is 7.67. The van der Waals surface area contributed by atoms with Crippen LogP contribution in [0.3, 0.4) is 0 Å². The number of benzene rings is 1. The van der Waals surface area contributed by atoms with E-state index in [1.165, 1.54) is 0 Å². The molecule has 0 aromatic heterocycles. The summed E-state index contributed by atoms with van der Waals surface area (Å²) in [5, 5.41) is 2.81. The molecule has 0 atom stereocenters. The number of anilines is 1. The molecule has 1 N–H and O–H groups in total. The molecule has 1 aromatic carbocycles. The van der Waals surface area contributed by atoms with Gasteiger partial charge < -0.3 is 10.1 Å². The Morgan fingerprint density at radius 2 is 1.81 bits per heavy atom. The molecule has 1 aromatic rings. The second kappa shape index (κ2) is 7.22. The lowest BCUT2D eigenvalue weighted by Crippen LogP contribution is -2.51. The Kier molecular flexibility index (Phi) is 5.90. The summed E-state index contributed by atoms with van der Waals surface area (Å²) in [4.78, 5) is 25.6. The van der Waals surface area contributed by atoms with Crippen LogP contribution in [0.1, 0.15) is 26.3 Å². The molecule has 0 bridgehead atoms. The van der Waals surface area contributed by atoms with Gasteiger partial charge in [-0.2, -0.15) is 0 Å². The molecule has 1 rings (SSSR count). The van der Waals surface area contributed by atoms with Crippen LogP contribution in [0, 0.1) is 6.92 Å². The van der Waals surface area contributed by atoms with Gasteiger partial charge >= 0.3 is 5.97 Å². The van der Waals surface area contributed by atoms with E-state index in [9.17, 15) is 9.59 Å². The number of carbonyl (C=O) groups is 2. The lowest BCUT2D eigenvalue weighted by atomic mass is 10.0. The number of ether oxygens (including phenoxy) is 1. The van der Waals surface area contributed by atoms with Crippen LogP contribution in [-0.2, 0) is 14.3 Å². The first-order chi connectivity index (χ1) is 9.77. The topological polar surface area (TPSA) is 58.6 Å². The Labute approximate surface area is 126 Å². The zero-order chi connectivity index (χ0) is 16.0. The van der Waals surface area contributed by atoms with E-state index in [4.69, 9.17) is 4.74 Å². The second-order valence-corrected chi connectivity index (χ2v) is 5.55. The average molecular weight is 292 g/mol. The molecule has 0 spiro atoms. The fourth-order valence-corrected chi connectivity index (χ4v) is 1.71. The summed E-state index contributed by atoms with van der Waals surface area (Å²) < 4.78 is 5.03. The van der Waals surface area contributed by atoms with Crippen molar-refractivity contribution in [3.8, 4) is 0 Å². The van der Waals surface area contributed by atoms with E-state index in [1.54, 1.807) is 32.7 Å². The summed E-state index contributed by atoms with van der Waals surface area (Å²) in [6, 6.07) is 7.57. The second-order valence-electron chi connectivity index (χ2n) is 5.55. The Morgan fingerprint density at radius 3 is 2.33 bits per heavy atom. The van der Waals surface area contributed by atoms with Crippen LogP contribution in [-0.4, -0.2) is 42.5 Å². The monoisotopic (exact) mass is 292 g/mol. The van der Waals surface area contributed by atoms with Crippen molar-refractivity contribution in [1.29, 1.82) is 0 Å². The van der Waals surface area contributed by atoms with Gasteiger partial charge in [-0.1, -0.05) is 17.7 Å². The Hall–Kier alpha value is -1.88. The van der Waals surface area contributed by atoms with Gasteiger partial charge in [-0.05, 0) is 46.9 Å². The molecule has 0 radical (unpaired) electrons. The molecule has 0 unspecified atom stereocenters. The molecular weight excluding hydrogens is 268 g/mol. The maximum absolute atomic E-state index is 12.0. The van der Waals surface area contributed by atoms with E-state index in [0.717, 1.165) is 11.3 Å². The number of likely N-dealkylation sites (N-methyl/N-ethyl adjacent to an activating group) is 1. The van der Waals surface area contributed by atoms with Gasteiger partial charge in [-0.25, -0.2) is 0 Å². The van der Waals surface area contributed by atoms with Crippen molar-refractivity contribution >= 4 is 17.6 Å². The minimum absolute atomic E-state index is 0.111. The highest BCUT2D eigenvalue weighted by atomic mass is 16.5. The van der Waals surface area contributed by atoms with E-state index in [0.29, 0.717) is 6.61 Å². The van der Waals surface area contributed by atoms with Gasteiger partial charge in [0.25, 0.3) is 0 Å². The first-order valence-corrected chi connectivity index (χ1v) is 7.02. The SMILES string of the molecule is CCOC(=O)C(C)(C)N(C)CC(=O)Nc1ccc(C)cc1. The zero-order valence-electron chi connectivity index (χ0n) is 13.4. The van der Waals surface area contributed by atoms with Gasteiger partial charge in [-0.3, -0.25) is 14.5 Å². The highest BCUT2D eigenvalue weighted by Gasteiger charge is 2.34. The van der Waals surface area contributed by atoms with Crippen LogP contribution in [0.15, 0.2) is 24.3 Å². The van der Waals surface area contributed by atoms with Gasteiger partial charge in [0, 0.05) is 5.69 Å². The minimum atomic E-state index is -0.847. The number of nitrogens with one attached hydrogen (secondary N) is 1. The van der Waals surface area contributed by atoms with Crippen LogP contribution in [0.2, 0.25) is 0 Å². The Morgan fingerprint density at radius 1 is 1.24 bits per heavy atom. The number of rotatable bonds is 6. The molecule has 0 saturated heterocycles. The van der Waals surface area contributed by atoms with Gasteiger partial charge in [0.05, 0.1) is 13.2 Å². The van der Waals surface area contributed by atoms with Crippen LogP contribution in [0.4, 0.5) is 5.69 Å². The lowest BCUT2D eigenvalue weighted by Gasteiger charge is -2.32. The maximum Gasteiger partial charge on any atom is 0.325 e. The van der Waals surface area contributed by atoms with Crippen molar-refractivity contribution in [2.45, 2.75) is 33.2 Å². The number of hydrogen-bond donors (Lipinski definition) is 1. The third kappa shape index (κ3) is 4.86. The molecule has 116 valence electrons. The molecule has 0 fully saturated rings. The highest BCUT2D eigenvalue weighted by Crippen LogP contribution is 2.15. The summed E-state index contributed by atoms with van der Waals surface area (Å²) in [6.07, 6.45) is 0. The Balaban J connectivity index is 2.61. The van der Waals surface area contributed by atoms with Gasteiger partial charge in [0.2, 0.25) is 5.91 Å². The zero-order valence-corrected chi connectivity index (χ0v) is 13.4. The molecule has 1 amide bonds. The molecule has 21 heavy (non-hydrogen) atoms. The number of aryl methyl sites for hydroxylation is 1. The predicted octanol–water partition coefficient (Wildman–Crippen LogP) is 2.21. The molecule has 0 aliphatic heterocycles. The van der Waals surface area contributed by atoms with Gasteiger partial charge in [0.15, 0.2) is 0 Å². The number of carbonyl (C=O) groups excluding carboxylic acids is 2. The van der Waals surface area contributed by atoms with Crippen LogP contribution >= 0.6 is 0 Å². The fraction of sp³-hybridized carbons (Fsp3) is 0.500. The first-order valence-electron chi connectivity index (χ1n) is 7.02. The number of nitrogens with zero attached hydrogens (tertiary/aromatic N) is 1.